The summed E-state index contributed by atoms with van der Waals surface area (Å²) in [6, 6.07) is 10.9. The molecule has 0 saturated heterocycles. The molecule has 34 heavy (non-hydrogen) atoms. The van der Waals surface area contributed by atoms with Crippen LogP contribution in [0.1, 0.15) is 37.1 Å². The van der Waals surface area contributed by atoms with E-state index in [1.54, 1.807) is 24.4 Å². The third-order valence-electron chi connectivity index (χ3n) is 6.64. The molecule has 1 aliphatic rings. The van der Waals surface area contributed by atoms with Crippen molar-refractivity contribution in [2.24, 2.45) is 11.7 Å². The Labute approximate surface area is 195 Å². The molecule has 0 atom stereocenters. The summed E-state index contributed by atoms with van der Waals surface area (Å²) in [4.78, 5) is 13.7. The summed E-state index contributed by atoms with van der Waals surface area (Å²) in [5, 5.41) is 0. The number of imidazole rings is 1. The van der Waals surface area contributed by atoms with Gasteiger partial charge in [0.15, 0.2) is 17.3 Å². The summed E-state index contributed by atoms with van der Waals surface area (Å²) >= 11 is 0. The van der Waals surface area contributed by atoms with Gasteiger partial charge in [0.05, 0.1) is 11.8 Å². The largest absolute Gasteiger partial charge is 0.328 e. The second kappa shape index (κ2) is 9.54. The van der Waals surface area contributed by atoms with Crippen LogP contribution in [0.25, 0.3) is 22.6 Å². The molecule has 0 amide bonds. The maximum absolute atomic E-state index is 14.7. The van der Waals surface area contributed by atoms with Gasteiger partial charge in [-0.1, -0.05) is 24.3 Å². The maximum Gasteiger partial charge on any atom is 0.169 e. The number of halogens is 3. The lowest BCUT2D eigenvalue weighted by atomic mass is 9.86. The minimum atomic E-state index is -0.933. The molecule has 1 fully saturated rings. The standard InChI is InChI=1S/C26H26F3N5/c27-20-6-2-1-4-17(20)10-13-23-31-14-22-26(33-23)34(15-16-8-11-18(30)12-9-16)25(32-22)19-5-3-7-21(28)24(19)29/h1-7,14,16,18H,8-13,15,30H2. The van der Waals surface area contributed by atoms with Crippen molar-refractivity contribution in [1.29, 1.82) is 0 Å². The van der Waals surface area contributed by atoms with Crippen molar-refractivity contribution in [1.82, 2.24) is 19.5 Å². The Morgan fingerprint density at radius 3 is 2.44 bits per heavy atom. The van der Waals surface area contributed by atoms with Crippen LogP contribution < -0.4 is 5.73 Å². The van der Waals surface area contributed by atoms with Crippen molar-refractivity contribution in [3.63, 3.8) is 0 Å². The quantitative estimate of drug-likeness (QED) is 0.424. The minimum absolute atomic E-state index is 0.0958. The van der Waals surface area contributed by atoms with Crippen LogP contribution >= 0.6 is 0 Å². The summed E-state index contributed by atoms with van der Waals surface area (Å²) in [7, 11) is 0. The third kappa shape index (κ3) is 4.55. The Morgan fingerprint density at radius 1 is 0.882 bits per heavy atom. The molecule has 0 spiro atoms. The van der Waals surface area contributed by atoms with Gasteiger partial charge in [-0.2, -0.15) is 0 Å². The fourth-order valence-corrected chi connectivity index (χ4v) is 4.71. The summed E-state index contributed by atoms with van der Waals surface area (Å²) in [5.74, 6) is -0.887. The molecule has 0 bridgehead atoms. The van der Waals surface area contributed by atoms with Gasteiger partial charge in [0, 0.05) is 19.0 Å². The average molecular weight is 466 g/mol. The molecule has 2 heterocycles. The SMILES string of the molecule is NC1CCC(Cn2c(-c3cccc(F)c3F)nc3cnc(CCc4ccccc4F)nc32)CC1. The van der Waals surface area contributed by atoms with Gasteiger partial charge in [-0.25, -0.2) is 28.1 Å². The van der Waals surface area contributed by atoms with E-state index in [1.807, 2.05) is 4.57 Å². The van der Waals surface area contributed by atoms with Crippen molar-refractivity contribution in [3.8, 4) is 11.4 Å². The molecule has 0 aliphatic heterocycles. The molecule has 0 radical (unpaired) electrons. The number of hydrogen-bond donors (Lipinski definition) is 1. The molecule has 1 saturated carbocycles. The smallest absolute Gasteiger partial charge is 0.169 e. The normalized spacial score (nSPS) is 18.5. The van der Waals surface area contributed by atoms with Crippen LogP contribution in [0, 0.1) is 23.4 Å². The molecule has 2 aromatic heterocycles. The first kappa shape index (κ1) is 22.5. The zero-order valence-electron chi connectivity index (χ0n) is 18.7. The van der Waals surface area contributed by atoms with E-state index in [2.05, 4.69) is 9.97 Å². The molecule has 1 aliphatic carbocycles. The van der Waals surface area contributed by atoms with Crippen LogP contribution in [0.4, 0.5) is 13.2 Å². The van der Waals surface area contributed by atoms with Crippen LogP contribution in [0.15, 0.2) is 48.7 Å². The Morgan fingerprint density at radius 2 is 1.65 bits per heavy atom. The van der Waals surface area contributed by atoms with E-state index in [0.29, 0.717) is 53.7 Å². The van der Waals surface area contributed by atoms with E-state index in [0.717, 1.165) is 31.7 Å². The van der Waals surface area contributed by atoms with Gasteiger partial charge < -0.3 is 10.3 Å². The van der Waals surface area contributed by atoms with E-state index in [1.165, 1.54) is 18.2 Å². The fraction of sp³-hybridized carbons (Fsp3) is 0.346. The first-order valence-corrected chi connectivity index (χ1v) is 11.6. The van der Waals surface area contributed by atoms with Crippen LogP contribution in [0.5, 0.6) is 0 Å². The van der Waals surface area contributed by atoms with E-state index < -0.39 is 11.6 Å². The first-order chi connectivity index (χ1) is 16.5. The van der Waals surface area contributed by atoms with Gasteiger partial charge in [-0.15, -0.1) is 0 Å². The van der Waals surface area contributed by atoms with Crippen molar-refractivity contribution >= 4 is 11.2 Å². The van der Waals surface area contributed by atoms with E-state index in [4.69, 9.17) is 10.7 Å². The number of aromatic nitrogens is 4. The Balaban J connectivity index is 1.53. The highest BCUT2D eigenvalue weighted by Gasteiger charge is 2.24. The van der Waals surface area contributed by atoms with E-state index >= 15 is 0 Å². The predicted octanol–water partition coefficient (Wildman–Crippen LogP) is 5.21. The van der Waals surface area contributed by atoms with Gasteiger partial charge in [-0.3, -0.25) is 0 Å². The number of nitrogens with zero attached hydrogens (tertiary/aromatic N) is 4. The molecule has 8 heteroatoms. The predicted molar refractivity (Wildman–Crippen MR) is 124 cm³/mol. The van der Waals surface area contributed by atoms with Gasteiger partial charge >= 0.3 is 0 Å². The van der Waals surface area contributed by atoms with Crippen LogP contribution in [-0.4, -0.2) is 25.6 Å². The van der Waals surface area contributed by atoms with Crippen LogP contribution in [0.3, 0.4) is 0 Å². The summed E-state index contributed by atoms with van der Waals surface area (Å²) in [6.07, 6.45) is 6.29. The highest BCUT2D eigenvalue weighted by Crippen LogP contribution is 2.31. The number of aryl methyl sites for hydroxylation is 2. The number of nitrogens with two attached hydrogens (primary N) is 1. The summed E-state index contributed by atoms with van der Waals surface area (Å²) in [5.41, 5.74) is 7.86. The lowest BCUT2D eigenvalue weighted by Gasteiger charge is -2.27. The van der Waals surface area contributed by atoms with Crippen LogP contribution in [-0.2, 0) is 19.4 Å². The Hall–Kier alpha value is -3.26. The first-order valence-electron chi connectivity index (χ1n) is 11.6. The second-order valence-electron chi connectivity index (χ2n) is 9.01. The molecule has 2 aromatic carbocycles. The monoisotopic (exact) mass is 465 g/mol. The second-order valence-corrected chi connectivity index (χ2v) is 9.01. The van der Waals surface area contributed by atoms with Crippen molar-refractivity contribution < 1.29 is 13.2 Å². The molecule has 0 unspecified atom stereocenters. The fourth-order valence-electron chi connectivity index (χ4n) is 4.71. The highest BCUT2D eigenvalue weighted by molar-refractivity contribution is 5.76. The molecule has 5 rings (SSSR count). The van der Waals surface area contributed by atoms with Gasteiger partial charge in [0.25, 0.3) is 0 Å². The Kier molecular flexibility index (Phi) is 6.32. The molecule has 5 nitrogen and oxygen atoms in total. The van der Waals surface area contributed by atoms with E-state index in [9.17, 15) is 13.2 Å². The molecule has 4 aromatic rings. The minimum Gasteiger partial charge on any atom is -0.328 e. The van der Waals surface area contributed by atoms with Crippen molar-refractivity contribution in [2.75, 3.05) is 0 Å². The topological polar surface area (TPSA) is 69.6 Å². The van der Waals surface area contributed by atoms with Crippen molar-refractivity contribution in [3.05, 3.63) is 77.5 Å². The zero-order chi connectivity index (χ0) is 23.7. The molecular formula is C26H26F3N5. The summed E-state index contributed by atoms with van der Waals surface area (Å²) < 4.78 is 44.7. The van der Waals surface area contributed by atoms with Crippen LogP contribution in [0.2, 0.25) is 0 Å². The van der Waals surface area contributed by atoms with Gasteiger partial charge in [0.1, 0.15) is 23.0 Å². The lowest BCUT2D eigenvalue weighted by Crippen LogP contribution is -2.28. The molecular weight excluding hydrogens is 439 g/mol. The Bertz CT molecular complexity index is 1310. The van der Waals surface area contributed by atoms with Gasteiger partial charge in [0.2, 0.25) is 0 Å². The number of benzene rings is 2. The lowest BCUT2D eigenvalue weighted by molar-refractivity contribution is 0.297. The molecule has 2 N–H and O–H groups in total. The summed E-state index contributed by atoms with van der Waals surface area (Å²) in [6.45, 7) is 0.582. The number of fused-ring (bicyclic) bond motifs is 1. The van der Waals surface area contributed by atoms with Crippen molar-refractivity contribution in [2.45, 2.75) is 51.1 Å². The van der Waals surface area contributed by atoms with Gasteiger partial charge in [-0.05, 0) is 61.8 Å². The number of rotatable bonds is 6. The average Bonchev–Trinajstić information content (AvgIpc) is 3.19. The molecule has 176 valence electrons. The maximum atomic E-state index is 14.7. The number of hydrogen-bond acceptors (Lipinski definition) is 4. The highest BCUT2D eigenvalue weighted by atomic mass is 19.2. The van der Waals surface area contributed by atoms with E-state index in [-0.39, 0.29) is 17.4 Å². The third-order valence-corrected chi connectivity index (χ3v) is 6.64. The zero-order valence-corrected chi connectivity index (χ0v) is 18.7.